The Labute approximate surface area is 81.5 Å². The van der Waals surface area contributed by atoms with Gasteiger partial charge >= 0.3 is 0 Å². The molecular weight excluding hydrogens is 160 g/mol. The van der Waals surface area contributed by atoms with E-state index >= 15 is 0 Å². The standard InChI is InChI=1S/C11H20N2/c1-10(2)6-5-7-11(8-10,9-12)13(3)4/h5-8H2,1-4H3. The molecule has 0 aromatic heterocycles. The molecule has 1 saturated carbocycles. The fourth-order valence-corrected chi connectivity index (χ4v) is 2.40. The molecule has 0 spiro atoms. The van der Waals surface area contributed by atoms with Crippen LogP contribution in [0.15, 0.2) is 0 Å². The monoisotopic (exact) mass is 180 g/mol. The van der Waals surface area contributed by atoms with Gasteiger partial charge < -0.3 is 0 Å². The van der Waals surface area contributed by atoms with Gasteiger partial charge in [-0.25, -0.2) is 0 Å². The third-order valence-corrected chi connectivity index (χ3v) is 3.28. The first-order valence-electron chi connectivity index (χ1n) is 5.01. The van der Waals surface area contributed by atoms with Crippen LogP contribution in [0, 0.1) is 16.7 Å². The largest absolute Gasteiger partial charge is 0.292 e. The molecule has 13 heavy (non-hydrogen) atoms. The van der Waals surface area contributed by atoms with Crippen molar-refractivity contribution in [3.63, 3.8) is 0 Å². The van der Waals surface area contributed by atoms with E-state index in [2.05, 4.69) is 24.8 Å². The number of nitrogens with zero attached hydrogens (tertiary/aromatic N) is 2. The lowest BCUT2D eigenvalue weighted by Gasteiger charge is -2.44. The molecule has 0 N–H and O–H groups in total. The SMILES string of the molecule is CN(C)C1(C#N)CCCC(C)(C)C1. The maximum Gasteiger partial charge on any atom is 0.109 e. The highest BCUT2D eigenvalue weighted by molar-refractivity contribution is 5.11. The summed E-state index contributed by atoms with van der Waals surface area (Å²) < 4.78 is 0. The van der Waals surface area contributed by atoms with Crippen LogP contribution in [-0.4, -0.2) is 24.5 Å². The van der Waals surface area contributed by atoms with E-state index in [-0.39, 0.29) is 5.54 Å². The Kier molecular flexibility index (Phi) is 2.68. The summed E-state index contributed by atoms with van der Waals surface area (Å²) in [4.78, 5) is 2.09. The zero-order chi connectivity index (χ0) is 10.1. The first-order chi connectivity index (χ1) is 5.92. The van der Waals surface area contributed by atoms with Gasteiger partial charge in [-0.3, -0.25) is 4.90 Å². The first-order valence-corrected chi connectivity index (χ1v) is 5.01. The molecule has 1 atom stereocenters. The van der Waals surface area contributed by atoms with Gasteiger partial charge in [0.1, 0.15) is 5.54 Å². The second-order valence-electron chi connectivity index (χ2n) is 5.23. The molecule has 1 aliphatic rings. The number of hydrogen-bond acceptors (Lipinski definition) is 2. The molecule has 0 bridgehead atoms. The lowest BCUT2D eigenvalue weighted by atomic mass is 9.68. The summed E-state index contributed by atoms with van der Waals surface area (Å²) in [6.45, 7) is 4.53. The van der Waals surface area contributed by atoms with Gasteiger partial charge in [-0.15, -0.1) is 0 Å². The van der Waals surface area contributed by atoms with E-state index in [4.69, 9.17) is 0 Å². The van der Waals surface area contributed by atoms with Crippen molar-refractivity contribution in [2.24, 2.45) is 5.41 Å². The van der Waals surface area contributed by atoms with Crippen molar-refractivity contribution in [2.45, 2.75) is 45.1 Å². The first kappa shape index (κ1) is 10.5. The Morgan fingerprint density at radius 2 is 1.85 bits per heavy atom. The summed E-state index contributed by atoms with van der Waals surface area (Å²) in [6, 6.07) is 2.50. The maximum atomic E-state index is 9.25. The minimum atomic E-state index is -0.207. The maximum absolute atomic E-state index is 9.25. The van der Waals surface area contributed by atoms with E-state index in [1.54, 1.807) is 0 Å². The number of nitriles is 1. The topological polar surface area (TPSA) is 27.0 Å². The molecule has 0 aromatic carbocycles. The van der Waals surface area contributed by atoms with Gasteiger partial charge in [0.15, 0.2) is 0 Å². The number of rotatable bonds is 1. The Morgan fingerprint density at radius 3 is 2.15 bits per heavy atom. The van der Waals surface area contributed by atoms with E-state index in [9.17, 15) is 5.26 Å². The van der Waals surface area contributed by atoms with Crippen molar-refractivity contribution < 1.29 is 0 Å². The molecule has 0 heterocycles. The molecule has 0 radical (unpaired) electrons. The van der Waals surface area contributed by atoms with Crippen LogP contribution in [0.25, 0.3) is 0 Å². The van der Waals surface area contributed by atoms with Crippen LogP contribution in [0.4, 0.5) is 0 Å². The van der Waals surface area contributed by atoms with Gasteiger partial charge in [0.2, 0.25) is 0 Å². The Balaban J connectivity index is 2.84. The summed E-state index contributed by atoms with van der Waals surface area (Å²) in [7, 11) is 4.04. The summed E-state index contributed by atoms with van der Waals surface area (Å²) in [5, 5.41) is 9.25. The van der Waals surface area contributed by atoms with E-state index in [0.29, 0.717) is 5.41 Å². The predicted molar refractivity (Wildman–Crippen MR) is 54.3 cm³/mol. The van der Waals surface area contributed by atoms with Crippen molar-refractivity contribution in [1.29, 1.82) is 5.26 Å². The van der Waals surface area contributed by atoms with Crippen LogP contribution >= 0.6 is 0 Å². The highest BCUT2D eigenvalue weighted by atomic mass is 15.1. The van der Waals surface area contributed by atoms with Crippen LogP contribution in [0.1, 0.15) is 39.5 Å². The molecule has 1 unspecified atom stereocenters. The van der Waals surface area contributed by atoms with Gasteiger partial charge in [-0.05, 0) is 38.8 Å². The van der Waals surface area contributed by atoms with E-state index in [1.165, 1.54) is 12.8 Å². The molecule has 0 saturated heterocycles. The van der Waals surface area contributed by atoms with Crippen molar-refractivity contribution in [2.75, 3.05) is 14.1 Å². The smallest absolute Gasteiger partial charge is 0.109 e. The predicted octanol–water partition coefficient (Wildman–Crippen LogP) is 2.41. The summed E-state index contributed by atoms with van der Waals surface area (Å²) in [5.74, 6) is 0. The second-order valence-corrected chi connectivity index (χ2v) is 5.23. The van der Waals surface area contributed by atoms with Crippen LogP contribution in [0.5, 0.6) is 0 Å². The Bertz CT molecular complexity index is 225. The van der Waals surface area contributed by atoms with Gasteiger partial charge in [0.05, 0.1) is 6.07 Å². The summed E-state index contributed by atoms with van der Waals surface area (Å²) in [6.07, 6.45) is 4.46. The third-order valence-electron chi connectivity index (χ3n) is 3.28. The molecule has 2 nitrogen and oxygen atoms in total. The molecular formula is C11H20N2. The van der Waals surface area contributed by atoms with Crippen LogP contribution < -0.4 is 0 Å². The Morgan fingerprint density at radius 1 is 1.23 bits per heavy atom. The molecule has 0 amide bonds. The fourth-order valence-electron chi connectivity index (χ4n) is 2.40. The van der Waals surface area contributed by atoms with Crippen molar-refractivity contribution in [3.8, 4) is 6.07 Å². The molecule has 0 aliphatic heterocycles. The van der Waals surface area contributed by atoms with E-state index < -0.39 is 0 Å². The highest BCUT2D eigenvalue weighted by Gasteiger charge is 2.41. The number of hydrogen-bond donors (Lipinski definition) is 0. The van der Waals surface area contributed by atoms with Crippen molar-refractivity contribution in [1.82, 2.24) is 4.90 Å². The minimum absolute atomic E-state index is 0.207. The lowest BCUT2D eigenvalue weighted by Crippen LogP contribution is -2.48. The molecule has 2 heteroatoms. The minimum Gasteiger partial charge on any atom is -0.292 e. The zero-order valence-electron chi connectivity index (χ0n) is 9.22. The summed E-state index contributed by atoms with van der Waals surface area (Å²) in [5.41, 5.74) is 0.125. The van der Waals surface area contributed by atoms with Crippen molar-refractivity contribution >= 4 is 0 Å². The quantitative estimate of drug-likeness (QED) is 0.619. The van der Waals surface area contributed by atoms with E-state index in [0.717, 1.165) is 12.8 Å². The molecule has 1 rings (SSSR count). The molecule has 1 aliphatic carbocycles. The van der Waals surface area contributed by atoms with Gasteiger partial charge in [-0.1, -0.05) is 20.3 Å². The zero-order valence-corrected chi connectivity index (χ0v) is 9.22. The fraction of sp³-hybridized carbons (Fsp3) is 0.909. The van der Waals surface area contributed by atoms with Gasteiger partial charge in [-0.2, -0.15) is 5.26 Å². The molecule has 1 fully saturated rings. The average molecular weight is 180 g/mol. The molecule has 0 aromatic rings. The third kappa shape index (κ3) is 2.03. The van der Waals surface area contributed by atoms with Crippen molar-refractivity contribution in [3.05, 3.63) is 0 Å². The Hall–Kier alpha value is -0.550. The average Bonchev–Trinajstić information content (AvgIpc) is 2.02. The van der Waals surface area contributed by atoms with Crippen LogP contribution in [-0.2, 0) is 0 Å². The highest BCUT2D eigenvalue weighted by Crippen LogP contribution is 2.42. The lowest BCUT2D eigenvalue weighted by molar-refractivity contribution is 0.0813. The van der Waals surface area contributed by atoms with Crippen LogP contribution in [0.2, 0.25) is 0 Å². The van der Waals surface area contributed by atoms with E-state index in [1.807, 2.05) is 14.1 Å². The summed E-state index contributed by atoms with van der Waals surface area (Å²) >= 11 is 0. The van der Waals surface area contributed by atoms with Gasteiger partial charge in [0.25, 0.3) is 0 Å². The van der Waals surface area contributed by atoms with Crippen LogP contribution in [0.3, 0.4) is 0 Å². The van der Waals surface area contributed by atoms with Gasteiger partial charge in [0, 0.05) is 0 Å². The normalized spacial score (nSPS) is 32.9. The molecule has 74 valence electrons. The second kappa shape index (κ2) is 3.31.